The van der Waals surface area contributed by atoms with Crippen LogP contribution in [0.5, 0.6) is 0 Å². The van der Waals surface area contributed by atoms with E-state index in [1.165, 1.54) is 0 Å². The summed E-state index contributed by atoms with van der Waals surface area (Å²) in [6, 6.07) is -0.517. The zero-order valence-corrected chi connectivity index (χ0v) is 23.6. The highest BCUT2D eigenvalue weighted by molar-refractivity contribution is 5.88. The van der Waals surface area contributed by atoms with Crippen LogP contribution in [0.15, 0.2) is 17.8 Å². The molecule has 2 aliphatic heterocycles. The van der Waals surface area contributed by atoms with Gasteiger partial charge in [0, 0.05) is 28.1 Å². The Balaban J connectivity index is 1.35. The van der Waals surface area contributed by atoms with Crippen molar-refractivity contribution in [1.82, 2.24) is 5.32 Å². The molecule has 40 heavy (non-hydrogen) atoms. The van der Waals surface area contributed by atoms with Gasteiger partial charge in [0.2, 0.25) is 0 Å². The molecule has 5 fully saturated rings. The van der Waals surface area contributed by atoms with E-state index in [1.807, 2.05) is 20.8 Å². The summed E-state index contributed by atoms with van der Waals surface area (Å²) in [5, 5.41) is 17.4. The van der Waals surface area contributed by atoms with Crippen molar-refractivity contribution in [2.75, 3.05) is 13.2 Å². The minimum Gasteiger partial charge on any atom is -0.445 e. The first-order valence-corrected chi connectivity index (χ1v) is 14.2. The van der Waals surface area contributed by atoms with E-state index < -0.39 is 65.0 Å². The van der Waals surface area contributed by atoms with Crippen LogP contribution in [0.1, 0.15) is 59.8 Å². The predicted molar refractivity (Wildman–Crippen MR) is 141 cm³/mol. The maximum Gasteiger partial charge on any atom is 0.417 e. The number of ketones is 1. The zero-order valence-electron chi connectivity index (χ0n) is 23.6. The number of hydrogen-bond donors (Lipinski definition) is 2. The van der Waals surface area contributed by atoms with Crippen molar-refractivity contribution in [1.29, 1.82) is 0 Å². The summed E-state index contributed by atoms with van der Waals surface area (Å²) in [4.78, 5) is 42.1. The maximum atomic E-state index is 13.5. The van der Waals surface area contributed by atoms with Gasteiger partial charge in [0.05, 0.1) is 31.5 Å². The minimum atomic E-state index is -1.02. The number of azide groups is 1. The van der Waals surface area contributed by atoms with Crippen LogP contribution >= 0.6 is 0 Å². The number of Topliss-reactive ketones (excluding diaryl/α,β-unsaturated/α-hetero) is 1. The van der Waals surface area contributed by atoms with Crippen molar-refractivity contribution < 1.29 is 38.4 Å². The lowest BCUT2D eigenvalue weighted by Gasteiger charge is -2.61. The van der Waals surface area contributed by atoms with Gasteiger partial charge in [-0.2, -0.15) is 0 Å². The number of fused-ring (bicyclic) bond motifs is 1. The van der Waals surface area contributed by atoms with Crippen LogP contribution < -0.4 is 5.32 Å². The number of nitrogens with zero attached hydrogens (tertiary/aromatic N) is 3. The molecule has 0 spiro atoms. The second kappa shape index (κ2) is 10.3. The summed E-state index contributed by atoms with van der Waals surface area (Å²) in [6.07, 6.45) is -0.720. The Hall–Kier alpha value is -2.66. The van der Waals surface area contributed by atoms with Gasteiger partial charge in [0.25, 0.3) is 0 Å². The number of ether oxygens (including phenoxy) is 4. The second-order valence-electron chi connectivity index (χ2n) is 12.9. The maximum absolute atomic E-state index is 13.5. The molecular formula is C28H40N4O8. The van der Waals surface area contributed by atoms with E-state index >= 15 is 0 Å². The average Bonchev–Trinajstić information content (AvgIpc) is 3.60. The standard InChI is InChI=1S/C28H40N4O8/c1-6-26(4)11-19(27(5)14(2)7-9-28(15(3)23(26)34)10-8-17(33)22(27)28)40-25(36)30-24(35)39-18-13-38-20-16(31-32-29)12-37-21(18)20/h6,14-16,18-23,34H,1,7-13H2,2-5H3,(H,30,35,36)/t14?,15-,16-,18+,19+,20+,21+,22-,23-,26+,27+,28-/m0/s1. The van der Waals surface area contributed by atoms with E-state index in [0.29, 0.717) is 12.8 Å². The van der Waals surface area contributed by atoms with Gasteiger partial charge >= 0.3 is 12.2 Å². The van der Waals surface area contributed by atoms with Crippen molar-refractivity contribution in [3.8, 4) is 0 Å². The molecule has 1 unspecified atom stereocenters. The number of alkyl carbamates (subject to hydrolysis) is 2. The molecule has 0 radical (unpaired) electrons. The molecule has 220 valence electrons. The number of nitrogens with one attached hydrogen (secondary N) is 1. The molecule has 2 N–H and O–H groups in total. The molecule has 5 aliphatic rings. The normalized spacial score (nSPS) is 47.6. The largest absolute Gasteiger partial charge is 0.445 e. The summed E-state index contributed by atoms with van der Waals surface area (Å²) in [5.74, 6) is -0.305. The molecule has 2 bridgehead atoms. The van der Waals surface area contributed by atoms with E-state index in [9.17, 15) is 19.5 Å². The van der Waals surface area contributed by atoms with Crippen LogP contribution in [-0.4, -0.2) is 72.9 Å². The molecule has 12 heteroatoms. The van der Waals surface area contributed by atoms with E-state index in [-0.39, 0.29) is 43.2 Å². The van der Waals surface area contributed by atoms with Gasteiger partial charge in [0.1, 0.15) is 18.0 Å². The van der Waals surface area contributed by atoms with Gasteiger partial charge in [0.15, 0.2) is 6.10 Å². The van der Waals surface area contributed by atoms with Crippen molar-refractivity contribution in [2.24, 2.45) is 39.1 Å². The number of hydrogen-bond acceptors (Lipinski definition) is 9. The zero-order chi connectivity index (χ0) is 29.0. The fourth-order valence-electron chi connectivity index (χ4n) is 8.62. The summed E-state index contributed by atoms with van der Waals surface area (Å²) in [6.45, 7) is 12.2. The number of rotatable bonds is 4. The highest BCUT2D eigenvalue weighted by Gasteiger charge is 2.68. The van der Waals surface area contributed by atoms with E-state index in [0.717, 1.165) is 12.8 Å². The van der Waals surface area contributed by atoms with E-state index in [4.69, 9.17) is 24.5 Å². The first-order valence-electron chi connectivity index (χ1n) is 14.2. The molecule has 3 aliphatic carbocycles. The van der Waals surface area contributed by atoms with Crippen molar-refractivity contribution in [3.63, 3.8) is 0 Å². The van der Waals surface area contributed by atoms with Gasteiger partial charge in [-0.15, -0.1) is 6.58 Å². The van der Waals surface area contributed by atoms with Crippen LogP contribution in [0.3, 0.4) is 0 Å². The molecule has 2 amide bonds. The lowest BCUT2D eigenvalue weighted by molar-refractivity contribution is -0.191. The topological polar surface area (TPSA) is 169 Å². The third-order valence-corrected chi connectivity index (χ3v) is 11.2. The first kappa shape index (κ1) is 28.9. The molecule has 3 saturated carbocycles. The van der Waals surface area contributed by atoms with Crippen LogP contribution in [0.25, 0.3) is 10.4 Å². The number of carbonyl (C=O) groups is 3. The van der Waals surface area contributed by atoms with Crippen molar-refractivity contribution >= 4 is 18.0 Å². The number of imide groups is 1. The van der Waals surface area contributed by atoms with Gasteiger partial charge < -0.3 is 24.1 Å². The fourth-order valence-corrected chi connectivity index (χ4v) is 8.62. The quantitative estimate of drug-likeness (QED) is 0.224. The average molecular weight is 561 g/mol. The molecule has 12 nitrogen and oxygen atoms in total. The lowest BCUT2D eigenvalue weighted by atomic mass is 9.44. The van der Waals surface area contributed by atoms with Crippen LogP contribution in [0.2, 0.25) is 0 Å². The Morgan fingerprint density at radius 1 is 1.18 bits per heavy atom. The Bertz CT molecular complexity index is 1130. The Labute approximate surface area is 233 Å². The van der Waals surface area contributed by atoms with E-state index in [1.54, 1.807) is 6.08 Å². The van der Waals surface area contributed by atoms with Gasteiger partial charge in [-0.1, -0.05) is 38.9 Å². The first-order chi connectivity index (χ1) is 18.9. The van der Waals surface area contributed by atoms with Crippen LogP contribution in [0.4, 0.5) is 9.59 Å². The smallest absolute Gasteiger partial charge is 0.417 e. The Morgan fingerprint density at radius 3 is 2.58 bits per heavy atom. The Morgan fingerprint density at radius 2 is 1.88 bits per heavy atom. The molecular weight excluding hydrogens is 520 g/mol. The second-order valence-corrected chi connectivity index (χ2v) is 12.9. The number of amides is 2. The highest BCUT2D eigenvalue weighted by Crippen LogP contribution is 2.68. The third-order valence-electron chi connectivity index (χ3n) is 11.2. The summed E-state index contributed by atoms with van der Waals surface area (Å²) in [7, 11) is 0. The molecule has 0 aromatic carbocycles. The van der Waals surface area contributed by atoms with Gasteiger partial charge in [-0.3, -0.25) is 4.79 Å². The monoisotopic (exact) mass is 560 g/mol. The predicted octanol–water partition coefficient (Wildman–Crippen LogP) is 4.06. The molecule has 5 rings (SSSR count). The summed E-state index contributed by atoms with van der Waals surface area (Å²) in [5.41, 5.74) is 6.83. The lowest BCUT2D eigenvalue weighted by Crippen LogP contribution is -2.63. The molecule has 0 aromatic rings. The highest BCUT2D eigenvalue weighted by atomic mass is 16.6. The van der Waals surface area contributed by atoms with Crippen molar-refractivity contribution in [2.45, 2.75) is 96.4 Å². The molecule has 0 aromatic heterocycles. The number of carbonyl (C=O) groups excluding carboxylic acids is 3. The van der Waals surface area contributed by atoms with Crippen LogP contribution in [-0.2, 0) is 23.7 Å². The van der Waals surface area contributed by atoms with Gasteiger partial charge in [-0.25, -0.2) is 14.9 Å². The number of aliphatic hydroxyl groups excluding tert-OH is 1. The molecule has 2 saturated heterocycles. The van der Waals surface area contributed by atoms with Crippen LogP contribution in [0, 0.1) is 34.0 Å². The summed E-state index contributed by atoms with van der Waals surface area (Å²) < 4.78 is 22.6. The SMILES string of the molecule is C=C[C@]1(C)C[C@@H](OC(=O)NC(=O)O[C@@H]2CO[C@H]3[C@@H]2OC[C@@H]3N=[N+]=[N-])[C@@]2(C)C(C)CC[C@]3(CCC(=O)[C@H]32)[C@@H](C)[C@@H]1O. The third kappa shape index (κ3) is 4.31. The Kier molecular flexibility index (Phi) is 7.44. The minimum absolute atomic E-state index is 0.0348. The van der Waals surface area contributed by atoms with E-state index in [2.05, 4.69) is 28.8 Å². The molecule has 2 heterocycles. The van der Waals surface area contributed by atoms with Gasteiger partial charge in [-0.05, 0) is 48.5 Å². The van der Waals surface area contributed by atoms with Crippen molar-refractivity contribution in [3.05, 3.63) is 23.1 Å². The summed E-state index contributed by atoms with van der Waals surface area (Å²) >= 11 is 0. The fraction of sp³-hybridized carbons (Fsp3) is 0.821. The number of aliphatic hydroxyl groups is 1. The molecule has 12 atom stereocenters.